The van der Waals surface area contributed by atoms with Crippen molar-refractivity contribution in [1.82, 2.24) is 25.2 Å². The summed E-state index contributed by atoms with van der Waals surface area (Å²) < 4.78 is 60.4. The maximum Gasteiger partial charge on any atom is 0.410 e. The number of para-hydroxylation sites is 1. The largest absolute Gasteiger partial charge is 0.444 e. The van der Waals surface area contributed by atoms with Gasteiger partial charge in [-0.2, -0.15) is 8.42 Å². The quantitative estimate of drug-likeness (QED) is 0.316. The third-order valence-electron chi connectivity index (χ3n) is 11.1. The van der Waals surface area contributed by atoms with Crippen LogP contribution in [0.3, 0.4) is 0 Å². The molecule has 3 fully saturated rings. The number of carbonyl (C=O) groups is 5. The molecule has 57 heavy (non-hydrogen) atoms. The first-order valence-electron chi connectivity index (χ1n) is 19.4. The number of carbonyl (C=O) groups excluding carboxylic acids is 5. The van der Waals surface area contributed by atoms with Gasteiger partial charge in [-0.15, -0.1) is 0 Å². The maximum atomic E-state index is 14.5. The van der Waals surface area contributed by atoms with Crippen molar-refractivity contribution in [1.29, 1.82) is 0 Å². The fourth-order valence-corrected chi connectivity index (χ4v) is 9.11. The lowest BCUT2D eigenvalue weighted by Crippen LogP contribution is -2.58. The van der Waals surface area contributed by atoms with Crippen LogP contribution in [0.25, 0.3) is 11.0 Å². The van der Waals surface area contributed by atoms with Gasteiger partial charge < -0.3 is 29.4 Å². The first-order chi connectivity index (χ1) is 27.0. The Labute approximate surface area is 330 Å². The number of benzene rings is 2. The monoisotopic (exact) mass is 809 g/mol. The molecule has 3 aliphatic heterocycles. The smallest absolute Gasteiger partial charge is 0.410 e. The number of hydrogen-bond acceptors (Lipinski definition) is 10. The van der Waals surface area contributed by atoms with Gasteiger partial charge in [0.2, 0.25) is 16.9 Å². The van der Waals surface area contributed by atoms with Gasteiger partial charge in [-0.3, -0.25) is 19.3 Å². The van der Waals surface area contributed by atoms with Gasteiger partial charge in [0.05, 0.1) is 13.1 Å². The van der Waals surface area contributed by atoms with E-state index in [2.05, 4.69) is 15.4 Å². The molecule has 0 bridgehead atoms. The minimum atomic E-state index is -4.50. The Morgan fingerprint density at radius 2 is 1.72 bits per heavy atom. The second-order valence-corrected chi connectivity index (χ2v) is 18.0. The molecule has 2 aromatic carbocycles. The number of nitrogens with one attached hydrogen (secondary N) is 3. The van der Waals surface area contributed by atoms with Gasteiger partial charge in [0.1, 0.15) is 40.7 Å². The zero-order valence-corrected chi connectivity index (χ0v) is 33.0. The van der Waals surface area contributed by atoms with Crippen LogP contribution >= 0.6 is 0 Å². The molecule has 0 radical (unpaired) electrons. The van der Waals surface area contributed by atoms with Gasteiger partial charge in [-0.05, 0) is 63.6 Å². The van der Waals surface area contributed by atoms with E-state index in [9.17, 15) is 36.8 Å². The Morgan fingerprint density at radius 3 is 2.46 bits per heavy atom. The van der Waals surface area contributed by atoms with Gasteiger partial charge in [-0.1, -0.05) is 62.4 Å². The standard InChI is InChI=1S/C40H48FN5O10S/c1-39(2,3)56-37(50)42-30-16-8-6-4-5-7-14-26-20-40(26,36(49)44-57(52,53)33-18-24-12-9-10-17-32(24)55-33)43-34(47)31-19-27(22-46(31)35(30)48)54-38(51)45-21-25-13-11-15-29(41)28(25)23-45/h9-13,15,17-18,26-27,30-31H,4-8,14,16,19-23H2,1-3H3,(H,42,50)(H,43,47)(H,44,49)/t26-,27+,30-,31-,40+/m0/s1. The predicted octanol–water partition coefficient (Wildman–Crippen LogP) is 5.01. The van der Waals surface area contributed by atoms with Crippen molar-refractivity contribution in [3.05, 3.63) is 65.5 Å². The zero-order chi connectivity index (χ0) is 40.7. The highest BCUT2D eigenvalue weighted by molar-refractivity contribution is 7.90. The summed E-state index contributed by atoms with van der Waals surface area (Å²) >= 11 is 0. The summed E-state index contributed by atoms with van der Waals surface area (Å²) in [7, 11) is -4.50. The summed E-state index contributed by atoms with van der Waals surface area (Å²) in [5.41, 5.74) is -1.13. The number of rotatable bonds is 5. The van der Waals surface area contributed by atoms with Crippen molar-refractivity contribution in [3.8, 4) is 0 Å². The molecule has 1 aliphatic carbocycles. The highest BCUT2D eigenvalue weighted by Crippen LogP contribution is 2.48. The average Bonchev–Trinajstić information content (AvgIpc) is 3.52. The first kappa shape index (κ1) is 40.0. The van der Waals surface area contributed by atoms with Crippen LogP contribution in [0.4, 0.5) is 14.0 Å². The van der Waals surface area contributed by atoms with Crippen LogP contribution in [0.5, 0.6) is 0 Å². The molecule has 4 aliphatic rings. The second kappa shape index (κ2) is 15.6. The highest BCUT2D eigenvalue weighted by atomic mass is 32.2. The zero-order valence-electron chi connectivity index (χ0n) is 32.2. The number of amides is 5. The van der Waals surface area contributed by atoms with E-state index >= 15 is 0 Å². The van der Waals surface area contributed by atoms with Crippen molar-refractivity contribution in [2.75, 3.05) is 6.54 Å². The lowest BCUT2D eigenvalue weighted by molar-refractivity contribution is -0.141. The van der Waals surface area contributed by atoms with E-state index in [0.717, 1.165) is 19.3 Å². The fraction of sp³-hybridized carbons (Fsp3) is 0.525. The van der Waals surface area contributed by atoms with Crippen LogP contribution in [0, 0.1) is 11.7 Å². The van der Waals surface area contributed by atoms with E-state index < -0.39 is 86.1 Å². The van der Waals surface area contributed by atoms with E-state index in [-0.39, 0.29) is 38.9 Å². The highest BCUT2D eigenvalue weighted by Gasteiger charge is 2.62. The number of fused-ring (bicyclic) bond motifs is 4. The molecule has 1 saturated carbocycles. The van der Waals surface area contributed by atoms with Gasteiger partial charge >= 0.3 is 12.2 Å². The Hall–Kier alpha value is -5.19. The number of sulfonamides is 1. The van der Waals surface area contributed by atoms with Crippen LogP contribution < -0.4 is 15.4 Å². The van der Waals surface area contributed by atoms with Crippen LogP contribution in [0.1, 0.15) is 89.7 Å². The molecular formula is C40H48FN5O10S. The topological polar surface area (TPSA) is 194 Å². The molecule has 15 nitrogen and oxygen atoms in total. The molecule has 3 N–H and O–H groups in total. The van der Waals surface area contributed by atoms with Crippen molar-refractivity contribution < 1.29 is 50.7 Å². The molecule has 2 saturated heterocycles. The Bertz CT molecular complexity index is 2150. The number of furan rings is 1. The molecule has 17 heteroatoms. The van der Waals surface area contributed by atoms with Gasteiger partial charge in [0.25, 0.3) is 15.9 Å². The molecule has 306 valence electrons. The Morgan fingerprint density at radius 1 is 0.982 bits per heavy atom. The summed E-state index contributed by atoms with van der Waals surface area (Å²) in [5.74, 6) is -3.13. The fourth-order valence-electron chi connectivity index (χ4n) is 8.10. The second-order valence-electron chi connectivity index (χ2n) is 16.4. The SMILES string of the molecule is CC(C)(C)OC(=O)N[C@H]1CCCCCCC[C@H]2C[C@@]2(C(=O)NS(=O)(=O)c2cc3ccccc3o2)NC(=O)[C@@H]2C[C@@H](OC(=O)N3Cc4cccc(F)c4C3)CN2C1=O. The van der Waals surface area contributed by atoms with E-state index in [1.54, 1.807) is 57.2 Å². The first-order valence-corrected chi connectivity index (χ1v) is 20.9. The average molecular weight is 810 g/mol. The van der Waals surface area contributed by atoms with Crippen molar-refractivity contribution in [2.45, 2.75) is 126 Å². The molecule has 5 atom stereocenters. The third-order valence-corrected chi connectivity index (χ3v) is 12.3. The number of halogens is 1. The minimum absolute atomic E-state index is 0.0159. The molecule has 0 spiro atoms. The number of alkyl carbamates (subject to hydrolysis) is 1. The molecular weight excluding hydrogens is 762 g/mol. The van der Waals surface area contributed by atoms with E-state index in [4.69, 9.17) is 13.9 Å². The normalized spacial score (nSPS) is 25.6. The molecule has 4 heterocycles. The molecule has 5 amide bonds. The summed E-state index contributed by atoms with van der Waals surface area (Å²) in [6.07, 6.45) is 1.87. The molecule has 1 aromatic heterocycles. The van der Waals surface area contributed by atoms with Crippen LogP contribution in [-0.2, 0) is 47.0 Å². The van der Waals surface area contributed by atoms with Crippen molar-refractivity contribution in [2.24, 2.45) is 5.92 Å². The van der Waals surface area contributed by atoms with Crippen LogP contribution in [0.2, 0.25) is 0 Å². The number of nitrogens with zero attached hydrogens (tertiary/aromatic N) is 2. The van der Waals surface area contributed by atoms with Gasteiger partial charge in [0, 0.05) is 30.0 Å². The maximum absolute atomic E-state index is 14.5. The predicted molar refractivity (Wildman–Crippen MR) is 202 cm³/mol. The molecule has 3 aromatic rings. The number of ether oxygens (including phenoxy) is 2. The molecule has 0 unspecified atom stereocenters. The van der Waals surface area contributed by atoms with Crippen LogP contribution in [-0.4, -0.2) is 84.0 Å². The third kappa shape index (κ3) is 8.72. The summed E-state index contributed by atoms with van der Waals surface area (Å²) in [6, 6.07) is 10.2. The molecule has 7 rings (SSSR count). The number of hydrogen-bond donors (Lipinski definition) is 3. The van der Waals surface area contributed by atoms with Gasteiger partial charge in [0.15, 0.2) is 0 Å². The van der Waals surface area contributed by atoms with E-state index in [1.165, 1.54) is 21.9 Å². The Kier molecular flexibility index (Phi) is 11.0. The van der Waals surface area contributed by atoms with Crippen LogP contribution in [0.15, 0.2) is 58.0 Å². The van der Waals surface area contributed by atoms with Crippen molar-refractivity contribution in [3.63, 3.8) is 0 Å². The lowest BCUT2D eigenvalue weighted by Gasteiger charge is -2.30. The summed E-state index contributed by atoms with van der Waals surface area (Å²) in [4.78, 5) is 71.8. The Balaban J connectivity index is 1.14. The minimum Gasteiger partial charge on any atom is -0.444 e. The van der Waals surface area contributed by atoms with Gasteiger partial charge in [-0.25, -0.2) is 18.7 Å². The summed E-state index contributed by atoms with van der Waals surface area (Å²) in [5, 5.41) is 5.56. The summed E-state index contributed by atoms with van der Waals surface area (Å²) in [6.45, 7) is 4.96. The lowest BCUT2D eigenvalue weighted by atomic mass is 10.0. The van der Waals surface area contributed by atoms with E-state index in [1.807, 2.05) is 0 Å². The van der Waals surface area contributed by atoms with E-state index in [0.29, 0.717) is 41.4 Å². The van der Waals surface area contributed by atoms with Crippen molar-refractivity contribution >= 4 is 50.9 Å².